The van der Waals surface area contributed by atoms with Crippen molar-refractivity contribution in [1.29, 1.82) is 0 Å². The topological polar surface area (TPSA) is 49.3 Å². The number of carbonyl (C=O) groups is 1. The number of nitrogens with one attached hydrogen (secondary N) is 1. The second-order valence-electron chi connectivity index (χ2n) is 6.42. The molecule has 0 aromatic heterocycles. The summed E-state index contributed by atoms with van der Waals surface area (Å²) in [7, 11) is 1.63. The summed E-state index contributed by atoms with van der Waals surface area (Å²) in [4.78, 5) is 12.9. The zero-order valence-electron chi connectivity index (χ0n) is 14.8. The van der Waals surface area contributed by atoms with E-state index in [1.807, 2.05) is 48.5 Å². The largest absolute Gasteiger partial charge is 0.393 e. The molecule has 134 valence electrons. The molecule has 0 aliphatic heterocycles. The van der Waals surface area contributed by atoms with E-state index in [2.05, 4.69) is 30.1 Å². The molecule has 0 bridgehead atoms. The summed E-state index contributed by atoms with van der Waals surface area (Å²) in [5, 5.41) is 15.5. The van der Waals surface area contributed by atoms with E-state index in [1.165, 1.54) is 0 Å². The van der Waals surface area contributed by atoms with Crippen LogP contribution in [0.1, 0.15) is 27.9 Å². The van der Waals surface area contributed by atoms with Gasteiger partial charge in [-0.15, -0.1) is 12.6 Å². The Morgan fingerprint density at radius 2 is 1.81 bits per heavy atom. The molecule has 3 rings (SSSR count). The molecule has 3 nitrogen and oxygen atoms in total. The maximum Gasteiger partial charge on any atom is 0.251 e. The number of fused-ring (bicyclic) bond motifs is 1. The van der Waals surface area contributed by atoms with Crippen molar-refractivity contribution in [3.63, 3.8) is 0 Å². The number of rotatable bonds is 6. The van der Waals surface area contributed by atoms with Gasteiger partial charge in [0.25, 0.3) is 5.91 Å². The average molecular weight is 365 g/mol. The molecule has 0 saturated carbocycles. The first-order valence-electron chi connectivity index (χ1n) is 8.77. The van der Waals surface area contributed by atoms with Crippen LogP contribution in [-0.4, -0.2) is 24.2 Å². The maximum absolute atomic E-state index is 12.0. The first-order chi connectivity index (χ1) is 12.6. The summed E-state index contributed by atoms with van der Waals surface area (Å²) in [6.07, 6.45) is 1.29. The monoisotopic (exact) mass is 365 g/mol. The van der Waals surface area contributed by atoms with Gasteiger partial charge < -0.3 is 10.4 Å². The molecule has 0 fully saturated rings. The number of aliphatic hydroxyl groups excluding tert-OH is 1. The van der Waals surface area contributed by atoms with E-state index in [-0.39, 0.29) is 5.91 Å². The average Bonchev–Trinajstić information content (AvgIpc) is 2.68. The van der Waals surface area contributed by atoms with Gasteiger partial charge in [-0.1, -0.05) is 48.5 Å². The van der Waals surface area contributed by atoms with Gasteiger partial charge >= 0.3 is 0 Å². The molecule has 0 spiro atoms. The minimum absolute atomic E-state index is 0.0956. The molecule has 0 aliphatic rings. The molecule has 0 aliphatic carbocycles. The minimum atomic E-state index is -0.496. The summed E-state index contributed by atoms with van der Waals surface area (Å²) in [6.45, 7) is 0. The van der Waals surface area contributed by atoms with Crippen LogP contribution in [0.2, 0.25) is 0 Å². The van der Waals surface area contributed by atoms with Crippen LogP contribution in [0.3, 0.4) is 0 Å². The van der Waals surface area contributed by atoms with Crippen LogP contribution in [0.5, 0.6) is 0 Å². The third-order valence-corrected chi connectivity index (χ3v) is 5.11. The Morgan fingerprint density at radius 1 is 1.08 bits per heavy atom. The van der Waals surface area contributed by atoms with Gasteiger partial charge in [-0.25, -0.2) is 0 Å². The molecule has 1 unspecified atom stereocenters. The van der Waals surface area contributed by atoms with E-state index < -0.39 is 6.10 Å². The molecule has 0 saturated heterocycles. The maximum atomic E-state index is 12.0. The van der Waals surface area contributed by atoms with Crippen molar-refractivity contribution in [2.24, 2.45) is 0 Å². The van der Waals surface area contributed by atoms with Crippen LogP contribution < -0.4 is 5.32 Å². The van der Waals surface area contributed by atoms with Crippen LogP contribution in [0.4, 0.5) is 0 Å². The number of aryl methyl sites for hydroxylation is 1. The Hall–Kier alpha value is -2.30. The fraction of sp³-hybridized carbons (Fsp3) is 0.227. The molecule has 0 heterocycles. The van der Waals surface area contributed by atoms with E-state index in [1.54, 1.807) is 7.05 Å². The van der Waals surface area contributed by atoms with Crippen molar-refractivity contribution in [1.82, 2.24) is 5.32 Å². The minimum Gasteiger partial charge on any atom is -0.393 e. The van der Waals surface area contributed by atoms with E-state index in [4.69, 9.17) is 0 Å². The molecule has 2 N–H and O–H groups in total. The quantitative estimate of drug-likeness (QED) is 0.578. The summed E-state index contributed by atoms with van der Waals surface area (Å²) < 4.78 is 0. The third-order valence-electron chi connectivity index (χ3n) is 4.69. The zero-order valence-corrected chi connectivity index (χ0v) is 15.7. The molecular weight excluding hydrogens is 342 g/mol. The Kier molecular flexibility index (Phi) is 5.96. The number of thiol groups is 1. The highest BCUT2D eigenvalue weighted by atomic mass is 32.1. The van der Waals surface area contributed by atoms with Crippen LogP contribution >= 0.6 is 12.6 Å². The van der Waals surface area contributed by atoms with Gasteiger partial charge in [0.15, 0.2) is 0 Å². The van der Waals surface area contributed by atoms with Gasteiger partial charge in [-0.3, -0.25) is 4.79 Å². The predicted molar refractivity (Wildman–Crippen MR) is 109 cm³/mol. The standard InChI is InChI=1S/C22H23NO2S/c1-23-22(25)19-9-5-3-7-16(19)10-12-17(24)14-20-18-8-4-2-6-15(18)11-13-21(20)26/h2-9,11,13,17,24,26H,10,12,14H2,1H3,(H,23,25). The number of amides is 1. The second-order valence-corrected chi connectivity index (χ2v) is 6.90. The molecule has 4 heteroatoms. The van der Waals surface area contributed by atoms with E-state index in [9.17, 15) is 9.90 Å². The lowest BCUT2D eigenvalue weighted by atomic mass is 9.95. The van der Waals surface area contributed by atoms with E-state index >= 15 is 0 Å². The van der Waals surface area contributed by atoms with Crippen molar-refractivity contribution in [3.8, 4) is 0 Å². The molecule has 3 aromatic rings. The summed E-state index contributed by atoms with van der Waals surface area (Å²) >= 11 is 4.58. The van der Waals surface area contributed by atoms with Crippen LogP contribution in [0.25, 0.3) is 10.8 Å². The number of carbonyl (C=O) groups excluding carboxylic acids is 1. The van der Waals surface area contributed by atoms with Gasteiger partial charge in [-0.2, -0.15) is 0 Å². The Morgan fingerprint density at radius 3 is 2.62 bits per heavy atom. The van der Waals surface area contributed by atoms with E-state index in [0.29, 0.717) is 24.8 Å². The summed E-state index contributed by atoms with van der Waals surface area (Å²) in [5.74, 6) is -0.0956. The van der Waals surface area contributed by atoms with Gasteiger partial charge in [0, 0.05) is 23.9 Å². The predicted octanol–water partition coefficient (Wildman–Crippen LogP) is 4.02. The summed E-state index contributed by atoms with van der Waals surface area (Å²) in [6, 6.07) is 19.7. The lowest BCUT2D eigenvalue weighted by Crippen LogP contribution is -2.20. The Labute approximate surface area is 159 Å². The zero-order chi connectivity index (χ0) is 18.5. The highest BCUT2D eigenvalue weighted by molar-refractivity contribution is 7.80. The van der Waals surface area contributed by atoms with Crippen molar-refractivity contribution in [3.05, 3.63) is 77.4 Å². The van der Waals surface area contributed by atoms with Gasteiger partial charge in [0.2, 0.25) is 0 Å². The summed E-state index contributed by atoms with van der Waals surface area (Å²) in [5.41, 5.74) is 2.69. The normalized spacial score (nSPS) is 12.1. The smallest absolute Gasteiger partial charge is 0.251 e. The molecule has 26 heavy (non-hydrogen) atoms. The second kappa shape index (κ2) is 8.39. The van der Waals surface area contributed by atoms with Gasteiger partial charge in [-0.05, 0) is 46.9 Å². The number of hydrogen-bond donors (Lipinski definition) is 3. The molecule has 0 radical (unpaired) electrons. The number of aliphatic hydroxyl groups is 1. The van der Waals surface area contributed by atoms with Gasteiger partial charge in [0.1, 0.15) is 0 Å². The van der Waals surface area contributed by atoms with E-state index in [0.717, 1.165) is 26.8 Å². The number of hydrogen-bond acceptors (Lipinski definition) is 3. The van der Waals surface area contributed by atoms with Crippen LogP contribution in [0.15, 0.2) is 65.6 Å². The van der Waals surface area contributed by atoms with Crippen molar-refractivity contribution < 1.29 is 9.90 Å². The fourth-order valence-electron chi connectivity index (χ4n) is 3.29. The first-order valence-corrected chi connectivity index (χ1v) is 9.22. The van der Waals surface area contributed by atoms with Crippen LogP contribution in [-0.2, 0) is 12.8 Å². The molecule has 1 amide bonds. The lowest BCUT2D eigenvalue weighted by molar-refractivity contribution is 0.0961. The van der Waals surface area contributed by atoms with Crippen LogP contribution in [0, 0.1) is 0 Å². The first kappa shape index (κ1) is 18.5. The van der Waals surface area contributed by atoms with Crippen molar-refractivity contribution in [2.45, 2.75) is 30.3 Å². The SMILES string of the molecule is CNC(=O)c1ccccc1CCC(O)Cc1c(S)ccc2ccccc12. The number of benzene rings is 3. The van der Waals surface area contributed by atoms with Crippen molar-refractivity contribution >= 4 is 29.3 Å². The lowest BCUT2D eigenvalue weighted by Gasteiger charge is -2.15. The highest BCUT2D eigenvalue weighted by Gasteiger charge is 2.14. The van der Waals surface area contributed by atoms with Gasteiger partial charge in [0.05, 0.1) is 6.10 Å². The Balaban J connectivity index is 1.74. The molecular formula is C22H23NO2S. The highest BCUT2D eigenvalue weighted by Crippen LogP contribution is 2.27. The fourth-order valence-corrected chi connectivity index (χ4v) is 3.58. The van der Waals surface area contributed by atoms with Crippen molar-refractivity contribution in [2.75, 3.05) is 7.05 Å². The molecule has 3 aromatic carbocycles. The third kappa shape index (κ3) is 4.09. The Bertz CT molecular complexity index is 923. The molecule has 1 atom stereocenters.